The fourth-order valence-electron chi connectivity index (χ4n) is 5.20. The number of benzene rings is 2. The molecule has 206 valence electrons. The number of primary amides is 1. The average Bonchev–Trinajstić information content (AvgIpc) is 3.71. The van der Waals surface area contributed by atoms with Crippen LogP contribution < -0.4 is 10.6 Å². The molecular weight excluding hydrogens is 536 g/mol. The highest BCUT2D eigenvalue weighted by atomic mass is 35.5. The summed E-state index contributed by atoms with van der Waals surface area (Å²) in [6.07, 6.45) is 1.70. The van der Waals surface area contributed by atoms with Crippen molar-refractivity contribution in [3.8, 4) is 22.8 Å². The first-order valence-corrected chi connectivity index (χ1v) is 13.8. The third kappa shape index (κ3) is 5.36. The Hall–Kier alpha value is -4.76. The molecule has 41 heavy (non-hydrogen) atoms. The van der Waals surface area contributed by atoms with Gasteiger partial charge in [-0.1, -0.05) is 72.3 Å². The summed E-state index contributed by atoms with van der Waals surface area (Å²) in [5.74, 6) is 1.78. The Kier molecular flexibility index (Phi) is 7.11. The van der Waals surface area contributed by atoms with Crippen LogP contribution in [0.5, 0.6) is 0 Å². The number of nitrogens with one attached hydrogen (secondary N) is 2. The Morgan fingerprint density at radius 1 is 0.829 bits per heavy atom. The maximum Gasteiger partial charge on any atom is 0.240 e. The van der Waals surface area contributed by atoms with Gasteiger partial charge in [0, 0.05) is 29.1 Å². The van der Waals surface area contributed by atoms with E-state index in [4.69, 9.17) is 22.3 Å². The molecule has 10 heteroatoms. The van der Waals surface area contributed by atoms with Crippen molar-refractivity contribution >= 4 is 45.4 Å². The van der Waals surface area contributed by atoms with Gasteiger partial charge in [0.1, 0.15) is 28.3 Å². The SMILES string of the molecule is Cc1cc2c(Cl)nc(-c3ccccc3)nc2[nH]1.Cc1cc2c(N3CCC[C@H]3C(N)=O)nc(-c3ccccc3)nc2[nH]1. The van der Waals surface area contributed by atoms with Crippen LogP contribution in [0.2, 0.25) is 5.15 Å². The number of halogens is 1. The average molecular weight is 565 g/mol. The molecule has 4 aromatic heterocycles. The summed E-state index contributed by atoms with van der Waals surface area (Å²) < 4.78 is 0. The lowest BCUT2D eigenvalue weighted by molar-refractivity contribution is -0.119. The minimum Gasteiger partial charge on any atom is -0.368 e. The first-order chi connectivity index (χ1) is 19.9. The summed E-state index contributed by atoms with van der Waals surface area (Å²) in [5, 5.41) is 2.28. The number of hydrogen-bond donors (Lipinski definition) is 3. The zero-order chi connectivity index (χ0) is 28.5. The molecule has 1 fully saturated rings. The number of carbonyl (C=O) groups excluding carboxylic acids is 1. The van der Waals surface area contributed by atoms with E-state index in [2.05, 4.69) is 24.9 Å². The summed E-state index contributed by atoms with van der Waals surface area (Å²) in [6.45, 7) is 4.74. The predicted octanol–water partition coefficient (Wildman–Crippen LogP) is 5.97. The van der Waals surface area contributed by atoms with E-state index in [-0.39, 0.29) is 11.9 Å². The molecule has 0 bridgehead atoms. The van der Waals surface area contributed by atoms with Gasteiger partial charge < -0.3 is 20.6 Å². The predicted molar refractivity (Wildman–Crippen MR) is 163 cm³/mol. The number of H-pyrrole nitrogens is 2. The van der Waals surface area contributed by atoms with E-state index < -0.39 is 0 Å². The molecule has 1 aliphatic rings. The van der Waals surface area contributed by atoms with Crippen molar-refractivity contribution in [2.45, 2.75) is 32.7 Å². The number of carbonyl (C=O) groups is 1. The number of aromatic amines is 2. The van der Waals surface area contributed by atoms with Crippen LogP contribution in [0.3, 0.4) is 0 Å². The van der Waals surface area contributed by atoms with Gasteiger partial charge in [0.05, 0.1) is 10.8 Å². The van der Waals surface area contributed by atoms with E-state index in [1.54, 1.807) is 0 Å². The van der Waals surface area contributed by atoms with Crippen LogP contribution in [0.1, 0.15) is 24.2 Å². The Balaban J connectivity index is 0.000000156. The van der Waals surface area contributed by atoms with Crippen molar-refractivity contribution in [3.05, 3.63) is 89.3 Å². The number of anilines is 1. The van der Waals surface area contributed by atoms with Crippen molar-refractivity contribution in [1.29, 1.82) is 0 Å². The molecule has 1 saturated heterocycles. The molecule has 9 nitrogen and oxygen atoms in total. The fraction of sp³-hybridized carbons (Fsp3) is 0.194. The van der Waals surface area contributed by atoms with Crippen LogP contribution in [0.4, 0.5) is 5.82 Å². The molecule has 0 saturated carbocycles. The number of nitrogens with two attached hydrogens (primary N) is 1. The molecule has 0 radical (unpaired) electrons. The van der Waals surface area contributed by atoms with E-state index in [0.717, 1.165) is 69.8 Å². The normalized spacial score (nSPS) is 14.8. The molecular formula is C31H29ClN8O. The summed E-state index contributed by atoms with van der Waals surface area (Å²) >= 11 is 6.15. The first-order valence-electron chi connectivity index (χ1n) is 13.4. The number of amides is 1. The largest absolute Gasteiger partial charge is 0.368 e. The topological polar surface area (TPSA) is 129 Å². The molecule has 0 unspecified atom stereocenters. The second-order valence-corrected chi connectivity index (χ2v) is 10.5. The van der Waals surface area contributed by atoms with Crippen molar-refractivity contribution in [2.75, 3.05) is 11.4 Å². The minimum atomic E-state index is -0.304. The van der Waals surface area contributed by atoms with Crippen LogP contribution in [0.25, 0.3) is 44.8 Å². The number of aryl methyl sites for hydroxylation is 2. The molecule has 2 aromatic carbocycles. The van der Waals surface area contributed by atoms with Gasteiger partial charge in [-0.25, -0.2) is 19.9 Å². The molecule has 1 aliphatic heterocycles. The summed E-state index contributed by atoms with van der Waals surface area (Å²) in [6, 6.07) is 23.3. The molecule has 0 spiro atoms. The van der Waals surface area contributed by atoms with Crippen LogP contribution >= 0.6 is 11.6 Å². The van der Waals surface area contributed by atoms with E-state index >= 15 is 0 Å². The Morgan fingerprint density at radius 3 is 1.95 bits per heavy atom. The molecule has 4 N–H and O–H groups in total. The van der Waals surface area contributed by atoms with E-state index in [0.29, 0.717) is 16.8 Å². The summed E-state index contributed by atoms with van der Waals surface area (Å²) in [7, 11) is 0. The quantitative estimate of drug-likeness (QED) is 0.226. The standard InChI is InChI=1S/C18H19N5O.C13H10ClN3/c1-11-10-13-17(20-11)21-16(12-6-3-2-4-7-12)22-18(13)23-9-5-8-14(23)15(19)24;1-8-7-10-11(14)16-12(17-13(10)15-8)9-5-3-2-4-6-9/h2-4,6-7,10,14H,5,8-9H2,1H3,(H2,19,24)(H,20,21,22);2-7H,1H3,(H,15,16,17)/t14-;/m0./s1. The van der Waals surface area contributed by atoms with Gasteiger partial charge >= 0.3 is 0 Å². The first kappa shape index (κ1) is 26.5. The van der Waals surface area contributed by atoms with E-state index in [1.807, 2.05) is 91.5 Å². The van der Waals surface area contributed by atoms with Gasteiger partial charge in [-0.15, -0.1) is 0 Å². The Labute approximate surface area is 241 Å². The molecule has 6 aromatic rings. The summed E-state index contributed by atoms with van der Waals surface area (Å²) in [4.78, 5) is 38.5. The Morgan fingerprint density at radius 2 is 1.37 bits per heavy atom. The molecule has 1 amide bonds. The van der Waals surface area contributed by atoms with Crippen molar-refractivity contribution in [2.24, 2.45) is 5.73 Å². The van der Waals surface area contributed by atoms with Crippen molar-refractivity contribution < 1.29 is 4.79 Å². The van der Waals surface area contributed by atoms with Gasteiger partial charge in [0.25, 0.3) is 0 Å². The maximum absolute atomic E-state index is 11.8. The number of hydrogen-bond acceptors (Lipinski definition) is 6. The molecule has 1 atom stereocenters. The van der Waals surface area contributed by atoms with Gasteiger partial charge in [-0.3, -0.25) is 4.79 Å². The smallest absolute Gasteiger partial charge is 0.240 e. The minimum absolute atomic E-state index is 0.298. The van der Waals surface area contributed by atoms with Crippen LogP contribution in [-0.2, 0) is 4.79 Å². The van der Waals surface area contributed by atoms with Crippen molar-refractivity contribution in [3.63, 3.8) is 0 Å². The van der Waals surface area contributed by atoms with Gasteiger partial charge in [-0.2, -0.15) is 0 Å². The molecule has 7 rings (SSSR count). The Bertz CT molecular complexity index is 1850. The third-order valence-corrected chi connectivity index (χ3v) is 7.38. The van der Waals surface area contributed by atoms with E-state index in [1.165, 1.54) is 0 Å². The second kappa shape index (κ2) is 11.0. The van der Waals surface area contributed by atoms with Crippen LogP contribution in [-0.4, -0.2) is 48.4 Å². The van der Waals surface area contributed by atoms with Crippen LogP contribution in [0.15, 0.2) is 72.8 Å². The van der Waals surface area contributed by atoms with Crippen LogP contribution in [0, 0.1) is 13.8 Å². The number of rotatable bonds is 4. The van der Waals surface area contributed by atoms with Gasteiger partial charge in [0.2, 0.25) is 5.91 Å². The molecule has 5 heterocycles. The highest BCUT2D eigenvalue weighted by Gasteiger charge is 2.32. The highest BCUT2D eigenvalue weighted by Crippen LogP contribution is 2.32. The second-order valence-electron chi connectivity index (χ2n) is 10.1. The molecule has 0 aliphatic carbocycles. The lowest BCUT2D eigenvalue weighted by Gasteiger charge is -2.24. The number of fused-ring (bicyclic) bond motifs is 2. The van der Waals surface area contributed by atoms with Gasteiger partial charge in [-0.05, 0) is 38.8 Å². The monoisotopic (exact) mass is 564 g/mol. The zero-order valence-electron chi connectivity index (χ0n) is 22.7. The third-order valence-electron chi connectivity index (χ3n) is 7.09. The van der Waals surface area contributed by atoms with Crippen molar-refractivity contribution in [1.82, 2.24) is 29.9 Å². The van der Waals surface area contributed by atoms with Gasteiger partial charge in [0.15, 0.2) is 11.6 Å². The number of aromatic nitrogens is 6. The highest BCUT2D eigenvalue weighted by molar-refractivity contribution is 6.34. The summed E-state index contributed by atoms with van der Waals surface area (Å²) in [5.41, 5.74) is 11.1. The van der Waals surface area contributed by atoms with E-state index in [9.17, 15) is 4.79 Å². The fourth-order valence-corrected chi connectivity index (χ4v) is 5.42. The zero-order valence-corrected chi connectivity index (χ0v) is 23.5. The lowest BCUT2D eigenvalue weighted by atomic mass is 10.2. The lowest BCUT2D eigenvalue weighted by Crippen LogP contribution is -2.40. The maximum atomic E-state index is 11.8. The number of nitrogens with zero attached hydrogens (tertiary/aromatic N) is 5.